The molecule has 2 nitrogen and oxygen atoms in total. The Bertz CT molecular complexity index is 641. The second kappa shape index (κ2) is 5.22. The monoisotopic (exact) mass is 293 g/mol. The number of likely N-dealkylation sites (N-methyl/N-ethyl adjacent to an activating group) is 1. The van der Waals surface area contributed by atoms with Crippen LogP contribution in [0.15, 0.2) is 60.7 Å². The van der Waals surface area contributed by atoms with Crippen molar-refractivity contribution < 1.29 is 5.11 Å². The predicted octanol–water partition coefficient (Wildman–Crippen LogP) is 3.52. The number of aliphatic hydroxyl groups is 1. The summed E-state index contributed by atoms with van der Waals surface area (Å²) in [5.41, 5.74) is 1.52. The van der Waals surface area contributed by atoms with Crippen LogP contribution in [-0.4, -0.2) is 29.1 Å². The molecule has 2 aliphatic heterocycles. The maximum absolute atomic E-state index is 11.9. The zero-order chi connectivity index (χ0) is 15.2. The highest BCUT2D eigenvalue weighted by Gasteiger charge is 2.55. The van der Waals surface area contributed by atoms with Gasteiger partial charge < -0.3 is 5.11 Å². The van der Waals surface area contributed by atoms with Gasteiger partial charge in [0.1, 0.15) is 5.60 Å². The molecule has 0 aromatic heterocycles. The first-order chi connectivity index (χ1) is 10.7. The van der Waals surface area contributed by atoms with E-state index in [4.69, 9.17) is 0 Å². The molecule has 22 heavy (non-hydrogen) atoms. The molecule has 2 saturated heterocycles. The second-order valence-electron chi connectivity index (χ2n) is 6.80. The van der Waals surface area contributed by atoms with E-state index >= 15 is 0 Å². The number of hydrogen-bond acceptors (Lipinski definition) is 2. The molecule has 2 aromatic rings. The Morgan fingerprint density at radius 2 is 1.59 bits per heavy atom. The van der Waals surface area contributed by atoms with Crippen molar-refractivity contribution in [2.24, 2.45) is 0 Å². The van der Waals surface area contributed by atoms with Crippen LogP contribution in [0.25, 0.3) is 0 Å². The molecular weight excluding hydrogens is 270 g/mol. The Balaban J connectivity index is 1.86. The van der Waals surface area contributed by atoms with Crippen LogP contribution < -0.4 is 0 Å². The summed E-state index contributed by atoms with van der Waals surface area (Å²) < 4.78 is 0. The predicted molar refractivity (Wildman–Crippen MR) is 88.7 cm³/mol. The van der Waals surface area contributed by atoms with Gasteiger partial charge in [-0.05, 0) is 37.4 Å². The Kier molecular flexibility index (Phi) is 3.32. The third-order valence-electron chi connectivity index (χ3n) is 5.83. The summed E-state index contributed by atoms with van der Waals surface area (Å²) >= 11 is 0. The van der Waals surface area contributed by atoms with E-state index in [1.165, 1.54) is 12.0 Å². The van der Waals surface area contributed by atoms with E-state index in [0.717, 1.165) is 18.4 Å². The lowest BCUT2D eigenvalue weighted by molar-refractivity contribution is -0.0913. The lowest BCUT2D eigenvalue weighted by Gasteiger charge is -2.50. The number of fused-ring (bicyclic) bond motifs is 2. The third-order valence-corrected chi connectivity index (χ3v) is 5.83. The number of nitrogens with zero attached hydrogens (tertiary/aromatic N) is 1. The smallest absolute Gasteiger partial charge is 0.112 e. The molecule has 1 N–H and O–H groups in total. The van der Waals surface area contributed by atoms with E-state index in [2.05, 4.69) is 54.4 Å². The Labute approximate surface area is 132 Å². The van der Waals surface area contributed by atoms with Crippen LogP contribution in [0.1, 0.15) is 36.3 Å². The Hall–Kier alpha value is -1.64. The first-order valence-electron chi connectivity index (χ1n) is 8.26. The molecule has 2 unspecified atom stereocenters. The van der Waals surface area contributed by atoms with Gasteiger partial charge in [-0.3, -0.25) is 4.90 Å². The summed E-state index contributed by atoms with van der Waals surface area (Å²) in [5, 5.41) is 11.9. The van der Waals surface area contributed by atoms with Crippen LogP contribution >= 0.6 is 0 Å². The SMILES string of the molecule is CN1C2CCC1[C@](O)(c1ccccc1)[C@@H](c1ccccc1)C2. The summed E-state index contributed by atoms with van der Waals surface area (Å²) in [6, 6.07) is 21.6. The Morgan fingerprint density at radius 1 is 0.955 bits per heavy atom. The highest BCUT2D eigenvalue weighted by atomic mass is 16.3. The van der Waals surface area contributed by atoms with Crippen LogP contribution in [0.4, 0.5) is 0 Å². The summed E-state index contributed by atoms with van der Waals surface area (Å²) in [7, 11) is 2.18. The fourth-order valence-corrected chi connectivity index (χ4v) is 4.68. The van der Waals surface area contributed by atoms with Gasteiger partial charge in [0.15, 0.2) is 0 Å². The fourth-order valence-electron chi connectivity index (χ4n) is 4.68. The zero-order valence-corrected chi connectivity index (χ0v) is 13.0. The van der Waals surface area contributed by atoms with Gasteiger partial charge in [0.05, 0.1) is 0 Å². The highest BCUT2D eigenvalue weighted by Crippen LogP contribution is 2.53. The number of piperidine rings is 1. The molecule has 0 amide bonds. The lowest BCUT2D eigenvalue weighted by Crippen LogP contribution is -2.56. The molecule has 114 valence electrons. The van der Waals surface area contributed by atoms with Gasteiger partial charge in [0.25, 0.3) is 0 Å². The maximum atomic E-state index is 11.9. The lowest BCUT2D eigenvalue weighted by atomic mass is 9.69. The minimum Gasteiger partial charge on any atom is -0.383 e. The molecule has 2 aromatic carbocycles. The van der Waals surface area contributed by atoms with Crippen LogP contribution in [0.3, 0.4) is 0 Å². The average molecular weight is 293 g/mol. The molecule has 0 spiro atoms. The molecule has 2 heteroatoms. The van der Waals surface area contributed by atoms with E-state index in [9.17, 15) is 5.11 Å². The molecule has 2 bridgehead atoms. The molecule has 4 rings (SSSR count). The van der Waals surface area contributed by atoms with Gasteiger partial charge in [0.2, 0.25) is 0 Å². The van der Waals surface area contributed by atoms with Gasteiger partial charge >= 0.3 is 0 Å². The van der Waals surface area contributed by atoms with Crippen LogP contribution in [0.5, 0.6) is 0 Å². The van der Waals surface area contributed by atoms with Gasteiger partial charge in [-0.2, -0.15) is 0 Å². The molecule has 2 heterocycles. The molecule has 4 atom stereocenters. The van der Waals surface area contributed by atoms with E-state index < -0.39 is 5.60 Å². The highest BCUT2D eigenvalue weighted by molar-refractivity contribution is 5.35. The minimum atomic E-state index is -0.801. The van der Waals surface area contributed by atoms with Crippen molar-refractivity contribution in [1.29, 1.82) is 0 Å². The van der Waals surface area contributed by atoms with E-state index in [0.29, 0.717) is 6.04 Å². The van der Waals surface area contributed by atoms with Crippen molar-refractivity contribution in [1.82, 2.24) is 4.90 Å². The zero-order valence-electron chi connectivity index (χ0n) is 13.0. The summed E-state index contributed by atoms with van der Waals surface area (Å²) in [6.07, 6.45) is 3.30. The van der Waals surface area contributed by atoms with Gasteiger partial charge in [-0.1, -0.05) is 60.7 Å². The van der Waals surface area contributed by atoms with Crippen molar-refractivity contribution in [3.05, 3.63) is 71.8 Å². The molecule has 0 aliphatic carbocycles. The summed E-state index contributed by atoms with van der Waals surface area (Å²) in [4.78, 5) is 2.41. The largest absolute Gasteiger partial charge is 0.383 e. The number of benzene rings is 2. The summed E-state index contributed by atoms with van der Waals surface area (Å²) in [5.74, 6) is 0.171. The second-order valence-corrected chi connectivity index (χ2v) is 6.80. The first-order valence-corrected chi connectivity index (χ1v) is 8.26. The van der Waals surface area contributed by atoms with Crippen molar-refractivity contribution in [2.45, 2.75) is 42.9 Å². The third kappa shape index (κ3) is 1.94. The van der Waals surface area contributed by atoms with Crippen molar-refractivity contribution >= 4 is 0 Å². The number of rotatable bonds is 2. The minimum absolute atomic E-state index is 0.171. The van der Waals surface area contributed by atoms with E-state index in [1.807, 2.05) is 18.2 Å². The Morgan fingerprint density at radius 3 is 2.27 bits per heavy atom. The fraction of sp³-hybridized carbons (Fsp3) is 0.400. The molecule has 0 radical (unpaired) electrons. The first kappa shape index (κ1) is 14.0. The normalized spacial score (nSPS) is 34.7. The van der Waals surface area contributed by atoms with Crippen molar-refractivity contribution in [3.63, 3.8) is 0 Å². The van der Waals surface area contributed by atoms with Gasteiger partial charge in [-0.25, -0.2) is 0 Å². The average Bonchev–Trinajstić information content (AvgIpc) is 2.85. The molecule has 2 aliphatic rings. The number of hydrogen-bond donors (Lipinski definition) is 1. The van der Waals surface area contributed by atoms with Crippen molar-refractivity contribution in [3.8, 4) is 0 Å². The molecular formula is C20H23NO. The maximum Gasteiger partial charge on any atom is 0.112 e. The van der Waals surface area contributed by atoms with E-state index in [1.54, 1.807) is 0 Å². The van der Waals surface area contributed by atoms with E-state index in [-0.39, 0.29) is 12.0 Å². The van der Waals surface area contributed by atoms with Gasteiger partial charge in [-0.15, -0.1) is 0 Å². The van der Waals surface area contributed by atoms with Crippen molar-refractivity contribution in [2.75, 3.05) is 7.05 Å². The molecule has 2 fully saturated rings. The van der Waals surface area contributed by atoms with Crippen LogP contribution in [0.2, 0.25) is 0 Å². The quantitative estimate of drug-likeness (QED) is 0.915. The van der Waals surface area contributed by atoms with Gasteiger partial charge in [0, 0.05) is 18.0 Å². The summed E-state index contributed by atoms with van der Waals surface area (Å²) in [6.45, 7) is 0. The molecule has 0 saturated carbocycles. The standard InChI is InChI=1S/C20H23NO/c1-21-17-12-13-19(21)20(22,16-10-6-3-7-11-16)18(14-17)15-8-4-2-5-9-15/h2-11,17-19,22H,12-14H2,1H3/t17?,18-,19?,20+/m1/s1. The van der Waals surface area contributed by atoms with Crippen LogP contribution in [-0.2, 0) is 5.60 Å². The topological polar surface area (TPSA) is 23.5 Å². The van der Waals surface area contributed by atoms with Crippen LogP contribution in [0, 0.1) is 0 Å².